The van der Waals surface area contributed by atoms with Crippen LogP contribution in [-0.2, 0) is 5.54 Å². The average Bonchev–Trinajstić information content (AvgIpc) is 3.38. The quantitative estimate of drug-likeness (QED) is 0.752. The Balaban J connectivity index is 1.66. The molecule has 8 heteroatoms. The SMILES string of the molecule is N#CC1(n2cc([C@@H](N[C@@H](c3ccccc3)C(F)(F)F)C3CCCCC3)nn2)CC1. The van der Waals surface area contributed by atoms with Gasteiger partial charge in [-0.2, -0.15) is 18.4 Å². The molecule has 1 aromatic carbocycles. The summed E-state index contributed by atoms with van der Waals surface area (Å²) >= 11 is 0. The van der Waals surface area contributed by atoms with Crippen molar-refractivity contribution in [2.24, 2.45) is 5.92 Å². The molecule has 2 saturated carbocycles. The normalized spacial score (nSPS) is 21.3. The third-order valence-corrected chi connectivity index (χ3v) is 6.13. The number of rotatable bonds is 6. The molecule has 29 heavy (non-hydrogen) atoms. The summed E-state index contributed by atoms with van der Waals surface area (Å²) in [5.41, 5.74) is -0.00177. The molecule has 0 spiro atoms. The number of aromatic nitrogens is 3. The third kappa shape index (κ3) is 4.15. The van der Waals surface area contributed by atoms with Crippen molar-refractivity contribution in [3.05, 3.63) is 47.8 Å². The maximum Gasteiger partial charge on any atom is 0.407 e. The zero-order valence-corrected chi connectivity index (χ0v) is 16.1. The summed E-state index contributed by atoms with van der Waals surface area (Å²) in [7, 11) is 0. The van der Waals surface area contributed by atoms with E-state index < -0.39 is 23.8 Å². The molecule has 154 valence electrons. The van der Waals surface area contributed by atoms with Gasteiger partial charge in [-0.05, 0) is 37.2 Å². The largest absolute Gasteiger partial charge is 0.407 e. The molecule has 5 nitrogen and oxygen atoms in total. The highest BCUT2D eigenvalue weighted by Gasteiger charge is 2.48. The zero-order valence-electron chi connectivity index (χ0n) is 16.1. The van der Waals surface area contributed by atoms with Crippen molar-refractivity contribution in [3.63, 3.8) is 0 Å². The molecular weight excluding hydrogens is 379 g/mol. The minimum absolute atomic E-state index is 0.0553. The van der Waals surface area contributed by atoms with Crippen LogP contribution in [-0.4, -0.2) is 21.2 Å². The Hall–Kier alpha value is -2.40. The van der Waals surface area contributed by atoms with E-state index in [2.05, 4.69) is 21.7 Å². The first-order valence-electron chi connectivity index (χ1n) is 10.1. The van der Waals surface area contributed by atoms with Gasteiger partial charge in [0.25, 0.3) is 0 Å². The Morgan fingerprint density at radius 1 is 1.14 bits per heavy atom. The second-order valence-corrected chi connectivity index (χ2v) is 8.16. The first-order chi connectivity index (χ1) is 13.9. The number of nitrogens with one attached hydrogen (secondary N) is 1. The molecule has 2 atom stereocenters. The Bertz CT molecular complexity index is 860. The molecule has 0 radical (unpaired) electrons. The zero-order chi connectivity index (χ0) is 20.5. The number of hydrogen-bond donors (Lipinski definition) is 1. The van der Waals surface area contributed by atoms with E-state index in [1.807, 2.05) is 0 Å². The van der Waals surface area contributed by atoms with Crippen molar-refractivity contribution in [1.29, 1.82) is 5.26 Å². The minimum atomic E-state index is -4.44. The molecule has 0 aliphatic heterocycles. The molecule has 0 bridgehead atoms. The van der Waals surface area contributed by atoms with Crippen LogP contribution in [0.2, 0.25) is 0 Å². The Morgan fingerprint density at radius 3 is 2.41 bits per heavy atom. The van der Waals surface area contributed by atoms with Gasteiger partial charge in [0.1, 0.15) is 6.04 Å². The number of alkyl halides is 3. The van der Waals surface area contributed by atoms with E-state index in [-0.39, 0.29) is 11.5 Å². The van der Waals surface area contributed by atoms with Gasteiger partial charge in [-0.3, -0.25) is 5.32 Å². The van der Waals surface area contributed by atoms with Gasteiger partial charge in [0.05, 0.1) is 24.0 Å². The lowest BCUT2D eigenvalue weighted by Crippen LogP contribution is -2.40. The highest BCUT2D eigenvalue weighted by atomic mass is 19.4. The van der Waals surface area contributed by atoms with Gasteiger partial charge in [-0.1, -0.05) is 54.8 Å². The molecule has 2 aromatic rings. The lowest BCUT2D eigenvalue weighted by molar-refractivity contribution is -0.161. The van der Waals surface area contributed by atoms with Crippen LogP contribution in [0.4, 0.5) is 13.2 Å². The molecular formula is C21H24F3N5. The number of halogens is 3. The number of nitriles is 1. The lowest BCUT2D eigenvalue weighted by Gasteiger charge is -2.34. The van der Waals surface area contributed by atoms with E-state index in [4.69, 9.17) is 0 Å². The molecule has 0 unspecified atom stereocenters. The summed E-state index contributed by atoms with van der Waals surface area (Å²) in [6.45, 7) is 0. The topological polar surface area (TPSA) is 66.5 Å². The van der Waals surface area contributed by atoms with E-state index in [9.17, 15) is 18.4 Å². The van der Waals surface area contributed by atoms with Crippen LogP contribution in [0.1, 0.15) is 68.3 Å². The summed E-state index contributed by atoms with van der Waals surface area (Å²) < 4.78 is 43.4. The maximum atomic E-state index is 14.0. The summed E-state index contributed by atoms with van der Waals surface area (Å²) in [6.07, 6.45) is 3.44. The third-order valence-electron chi connectivity index (χ3n) is 6.13. The molecule has 4 rings (SSSR count). The van der Waals surface area contributed by atoms with Crippen molar-refractivity contribution in [2.45, 2.75) is 68.7 Å². The van der Waals surface area contributed by atoms with E-state index in [1.165, 1.54) is 16.8 Å². The Labute approximate surface area is 167 Å². The molecule has 1 heterocycles. The second kappa shape index (κ2) is 7.79. The Morgan fingerprint density at radius 2 is 1.83 bits per heavy atom. The molecule has 0 saturated heterocycles. The van der Waals surface area contributed by atoms with Crippen LogP contribution < -0.4 is 5.32 Å². The van der Waals surface area contributed by atoms with Crippen molar-refractivity contribution in [2.75, 3.05) is 0 Å². The summed E-state index contributed by atoms with van der Waals surface area (Å²) in [5.74, 6) is 0.0553. The van der Waals surface area contributed by atoms with Gasteiger partial charge < -0.3 is 0 Å². The fourth-order valence-electron chi connectivity index (χ4n) is 4.27. The number of nitrogens with zero attached hydrogens (tertiary/aromatic N) is 4. The molecule has 1 aromatic heterocycles. The monoisotopic (exact) mass is 403 g/mol. The van der Waals surface area contributed by atoms with E-state index in [0.717, 1.165) is 32.1 Å². The van der Waals surface area contributed by atoms with E-state index in [0.29, 0.717) is 18.5 Å². The summed E-state index contributed by atoms with van der Waals surface area (Å²) in [5, 5.41) is 20.6. The Kier molecular flexibility index (Phi) is 5.34. The highest BCUT2D eigenvalue weighted by Crippen LogP contribution is 2.44. The van der Waals surface area contributed by atoms with Crippen molar-refractivity contribution >= 4 is 0 Å². The number of hydrogen-bond acceptors (Lipinski definition) is 4. The summed E-state index contributed by atoms with van der Waals surface area (Å²) in [6, 6.07) is 7.83. The molecule has 0 amide bonds. The summed E-state index contributed by atoms with van der Waals surface area (Å²) in [4.78, 5) is 0. The fraction of sp³-hybridized carbons (Fsp3) is 0.571. The van der Waals surface area contributed by atoms with E-state index in [1.54, 1.807) is 24.4 Å². The lowest BCUT2D eigenvalue weighted by atomic mass is 9.82. The number of benzene rings is 1. The standard InChI is InChI=1S/C21H24F3N5/c22-21(23,24)19(16-9-5-2-6-10-16)26-18(15-7-3-1-4-8-15)17-13-29(28-27-17)20(14-25)11-12-20/h2,5-6,9-10,13,15,18-19,26H,1,3-4,7-8,11-12H2/t18-,19-/m0/s1. The van der Waals surface area contributed by atoms with Crippen LogP contribution in [0.5, 0.6) is 0 Å². The molecule has 1 N–H and O–H groups in total. The fourth-order valence-corrected chi connectivity index (χ4v) is 4.27. The highest BCUT2D eigenvalue weighted by molar-refractivity contribution is 5.22. The first-order valence-corrected chi connectivity index (χ1v) is 10.1. The van der Waals surface area contributed by atoms with Crippen LogP contribution in [0.3, 0.4) is 0 Å². The van der Waals surface area contributed by atoms with Crippen LogP contribution >= 0.6 is 0 Å². The minimum Gasteiger partial charge on any atom is -0.294 e. The van der Waals surface area contributed by atoms with Gasteiger partial charge in [0.15, 0.2) is 5.54 Å². The average molecular weight is 403 g/mol. The van der Waals surface area contributed by atoms with Gasteiger partial charge in [0.2, 0.25) is 0 Å². The van der Waals surface area contributed by atoms with Crippen LogP contribution in [0, 0.1) is 17.2 Å². The van der Waals surface area contributed by atoms with E-state index >= 15 is 0 Å². The van der Waals surface area contributed by atoms with Gasteiger partial charge in [-0.25, -0.2) is 4.68 Å². The second-order valence-electron chi connectivity index (χ2n) is 8.16. The maximum absolute atomic E-state index is 14.0. The molecule has 2 fully saturated rings. The smallest absolute Gasteiger partial charge is 0.294 e. The van der Waals surface area contributed by atoms with Crippen molar-refractivity contribution in [1.82, 2.24) is 20.3 Å². The van der Waals surface area contributed by atoms with Gasteiger partial charge >= 0.3 is 6.18 Å². The van der Waals surface area contributed by atoms with Crippen LogP contribution in [0.25, 0.3) is 0 Å². The molecule has 2 aliphatic carbocycles. The predicted molar refractivity (Wildman–Crippen MR) is 101 cm³/mol. The van der Waals surface area contributed by atoms with Gasteiger partial charge in [0, 0.05) is 0 Å². The van der Waals surface area contributed by atoms with Crippen LogP contribution in [0.15, 0.2) is 36.5 Å². The first kappa shape index (κ1) is 19.9. The predicted octanol–water partition coefficient (Wildman–Crippen LogP) is 4.81. The van der Waals surface area contributed by atoms with Gasteiger partial charge in [-0.15, -0.1) is 5.10 Å². The molecule has 2 aliphatic rings. The van der Waals surface area contributed by atoms with Crippen molar-refractivity contribution in [3.8, 4) is 6.07 Å². The van der Waals surface area contributed by atoms with Crippen molar-refractivity contribution < 1.29 is 13.2 Å².